The lowest BCUT2D eigenvalue weighted by Gasteiger charge is -2.28. The van der Waals surface area contributed by atoms with Crippen LogP contribution in [0.1, 0.15) is 5.56 Å². The Morgan fingerprint density at radius 1 is 1.47 bits per heavy atom. The second kappa shape index (κ2) is 4.31. The average molecular weight is 206 g/mol. The summed E-state index contributed by atoms with van der Waals surface area (Å²) in [5, 5.41) is 2.85. The van der Waals surface area contributed by atoms with Crippen molar-refractivity contribution in [2.24, 2.45) is 0 Å². The highest BCUT2D eigenvalue weighted by atomic mass is 16.5. The van der Waals surface area contributed by atoms with Gasteiger partial charge in [0.05, 0.1) is 6.61 Å². The van der Waals surface area contributed by atoms with Crippen LogP contribution >= 0.6 is 0 Å². The Balaban J connectivity index is 2.11. The first-order valence-corrected chi connectivity index (χ1v) is 4.94. The van der Waals surface area contributed by atoms with Crippen LogP contribution < -0.4 is 5.32 Å². The van der Waals surface area contributed by atoms with E-state index in [-0.39, 0.29) is 6.03 Å². The van der Waals surface area contributed by atoms with Crippen molar-refractivity contribution >= 4 is 11.7 Å². The lowest BCUT2D eigenvalue weighted by molar-refractivity contribution is 0.151. The van der Waals surface area contributed by atoms with E-state index in [0.29, 0.717) is 19.7 Å². The molecule has 1 aliphatic heterocycles. The van der Waals surface area contributed by atoms with Gasteiger partial charge in [0.25, 0.3) is 0 Å². The van der Waals surface area contributed by atoms with Crippen molar-refractivity contribution < 1.29 is 9.53 Å². The minimum atomic E-state index is -0.0502. The van der Waals surface area contributed by atoms with Gasteiger partial charge in [-0.25, -0.2) is 4.79 Å². The fourth-order valence-corrected chi connectivity index (χ4v) is 1.63. The van der Waals surface area contributed by atoms with E-state index in [1.165, 1.54) is 0 Å². The number of carbonyl (C=O) groups excluding carboxylic acids is 1. The van der Waals surface area contributed by atoms with Gasteiger partial charge >= 0.3 is 6.03 Å². The first kappa shape index (κ1) is 9.98. The van der Waals surface area contributed by atoms with E-state index in [0.717, 1.165) is 11.3 Å². The lowest BCUT2D eigenvalue weighted by Crippen LogP contribution is -2.40. The molecule has 4 nitrogen and oxygen atoms in total. The van der Waals surface area contributed by atoms with Gasteiger partial charge in [-0.3, -0.25) is 0 Å². The smallest absolute Gasteiger partial charge is 0.322 e. The number of fused-ring (bicyclic) bond motifs is 1. The highest BCUT2D eigenvalue weighted by molar-refractivity contribution is 5.92. The van der Waals surface area contributed by atoms with Gasteiger partial charge in [-0.1, -0.05) is 18.2 Å². The number of anilines is 1. The number of para-hydroxylation sites is 1. The first-order chi connectivity index (χ1) is 7.31. The van der Waals surface area contributed by atoms with Crippen LogP contribution in [0.5, 0.6) is 0 Å². The predicted molar refractivity (Wildman–Crippen MR) is 57.7 cm³/mol. The Morgan fingerprint density at radius 3 is 3.07 bits per heavy atom. The van der Waals surface area contributed by atoms with E-state index in [1.54, 1.807) is 12.0 Å². The molecule has 0 fully saturated rings. The largest absolute Gasteiger partial charge is 0.383 e. The Labute approximate surface area is 88.8 Å². The molecule has 1 aromatic carbocycles. The molecule has 1 aliphatic rings. The molecule has 0 bridgehead atoms. The van der Waals surface area contributed by atoms with Gasteiger partial charge in [-0.15, -0.1) is 0 Å². The number of hydrogen-bond donors (Lipinski definition) is 1. The normalized spacial score (nSPS) is 14.7. The topological polar surface area (TPSA) is 41.6 Å². The maximum absolute atomic E-state index is 11.6. The van der Waals surface area contributed by atoms with Gasteiger partial charge in [0, 0.05) is 25.9 Å². The third-order valence-corrected chi connectivity index (χ3v) is 2.47. The summed E-state index contributed by atoms with van der Waals surface area (Å²) < 4.78 is 4.96. The van der Waals surface area contributed by atoms with Crippen LogP contribution in [0.2, 0.25) is 0 Å². The first-order valence-electron chi connectivity index (χ1n) is 4.94. The van der Waals surface area contributed by atoms with Gasteiger partial charge in [-0.05, 0) is 11.6 Å². The highest BCUT2D eigenvalue weighted by Crippen LogP contribution is 2.22. The number of rotatable bonds is 3. The molecule has 0 saturated carbocycles. The lowest BCUT2D eigenvalue weighted by atomic mass is 10.1. The quantitative estimate of drug-likeness (QED) is 0.817. The number of benzene rings is 1. The molecule has 0 saturated heterocycles. The summed E-state index contributed by atoms with van der Waals surface area (Å²) in [6, 6.07) is 7.79. The van der Waals surface area contributed by atoms with Crippen molar-refractivity contribution in [3.05, 3.63) is 29.8 Å². The number of ether oxygens (including phenoxy) is 1. The Kier molecular flexibility index (Phi) is 2.87. The fourth-order valence-electron chi connectivity index (χ4n) is 1.63. The zero-order valence-corrected chi connectivity index (χ0v) is 8.69. The van der Waals surface area contributed by atoms with Crippen molar-refractivity contribution in [2.45, 2.75) is 6.54 Å². The summed E-state index contributed by atoms with van der Waals surface area (Å²) in [5.74, 6) is 0. The van der Waals surface area contributed by atoms with Crippen LogP contribution in [0.25, 0.3) is 0 Å². The van der Waals surface area contributed by atoms with E-state index < -0.39 is 0 Å². The van der Waals surface area contributed by atoms with Crippen LogP contribution in [0, 0.1) is 0 Å². The van der Waals surface area contributed by atoms with E-state index in [4.69, 9.17) is 4.74 Å². The zero-order valence-electron chi connectivity index (χ0n) is 8.69. The Hall–Kier alpha value is -1.55. The molecule has 1 aromatic rings. The number of methoxy groups -OCH3 is 1. The van der Waals surface area contributed by atoms with Crippen LogP contribution in [-0.2, 0) is 11.3 Å². The standard InChI is InChI=1S/C11H14N2O2/c1-15-7-6-13-8-9-4-2-3-5-10(9)12-11(13)14/h2-5H,6-8H2,1H3,(H,12,14). The van der Waals surface area contributed by atoms with E-state index in [2.05, 4.69) is 5.32 Å². The summed E-state index contributed by atoms with van der Waals surface area (Å²) in [6.07, 6.45) is 0. The molecule has 2 amide bonds. The maximum atomic E-state index is 11.6. The van der Waals surface area contributed by atoms with Crippen LogP contribution in [0.15, 0.2) is 24.3 Å². The molecular formula is C11H14N2O2. The monoisotopic (exact) mass is 206 g/mol. The molecule has 0 atom stereocenters. The zero-order chi connectivity index (χ0) is 10.7. The van der Waals surface area contributed by atoms with E-state index in [1.807, 2.05) is 24.3 Å². The Bertz CT molecular complexity index is 365. The van der Waals surface area contributed by atoms with E-state index in [9.17, 15) is 4.79 Å². The molecule has 0 unspecified atom stereocenters. The Morgan fingerprint density at radius 2 is 2.27 bits per heavy atom. The van der Waals surface area contributed by atoms with Crippen LogP contribution in [0.3, 0.4) is 0 Å². The van der Waals surface area contributed by atoms with Gasteiger partial charge in [0.15, 0.2) is 0 Å². The fraction of sp³-hybridized carbons (Fsp3) is 0.364. The van der Waals surface area contributed by atoms with Crippen molar-refractivity contribution in [1.29, 1.82) is 0 Å². The summed E-state index contributed by atoms with van der Waals surface area (Å²) in [7, 11) is 1.63. The third kappa shape index (κ3) is 2.10. The summed E-state index contributed by atoms with van der Waals surface area (Å²) in [6.45, 7) is 1.84. The molecule has 0 spiro atoms. The maximum Gasteiger partial charge on any atom is 0.322 e. The van der Waals surface area contributed by atoms with Crippen molar-refractivity contribution in [3.8, 4) is 0 Å². The minimum Gasteiger partial charge on any atom is -0.383 e. The number of carbonyl (C=O) groups is 1. The third-order valence-electron chi connectivity index (χ3n) is 2.47. The molecule has 0 aliphatic carbocycles. The van der Waals surface area contributed by atoms with Crippen LogP contribution in [0.4, 0.5) is 10.5 Å². The predicted octanol–water partition coefficient (Wildman–Crippen LogP) is 1.68. The molecular weight excluding hydrogens is 192 g/mol. The average Bonchev–Trinajstić information content (AvgIpc) is 2.26. The summed E-state index contributed by atoms with van der Waals surface area (Å²) in [5.41, 5.74) is 2.06. The second-order valence-corrected chi connectivity index (χ2v) is 3.50. The molecule has 2 rings (SSSR count). The summed E-state index contributed by atoms with van der Waals surface area (Å²) >= 11 is 0. The SMILES string of the molecule is COCCN1Cc2ccccc2NC1=O. The second-order valence-electron chi connectivity index (χ2n) is 3.50. The van der Waals surface area contributed by atoms with Gasteiger partial charge in [0.1, 0.15) is 0 Å². The molecule has 80 valence electrons. The van der Waals surface area contributed by atoms with Crippen LogP contribution in [-0.4, -0.2) is 31.2 Å². The van der Waals surface area contributed by atoms with Gasteiger partial charge < -0.3 is 15.0 Å². The minimum absolute atomic E-state index is 0.0502. The number of urea groups is 1. The number of amides is 2. The highest BCUT2D eigenvalue weighted by Gasteiger charge is 2.21. The van der Waals surface area contributed by atoms with Crippen molar-refractivity contribution in [1.82, 2.24) is 4.90 Å². The molecule has 1 N–H and O–H groups in total. The number of nitrogens with zero attached hydrogens (tertiary/aromatic N) is 1. The summed E-state index contributed by atoms with van der Waals surface area (Å²) in [4.78, 5) is 13.4. The molecule has 15 heavy (non-hydrogen) atoms. The molecule has 0 radical (unpaired) electrons. The number of nitrogens with one attached hydrogen (secondary N) is 1. The molecule has 0 aromatic heterocycles. The van der Waals surface area contributed by atoms with E-state index >= 15 is 0 Å². The van der Waals surface area contributed by atoms with Crippen molar-refractivity contribution in [3.63, 3.8) is 0 Å². The van der Waals surface area contributed by atoms with Crippen molar-refractivity contribution in [2.75, 3.05) is 25.6 Å². The van der Waals surface area contributed by atoms with Gasteiger partial charge in [0.2, 0.25) is 0 Å². The molecule has 4 heteroatoms. The van der Waals surface area contributed by atoms with Gasteiger partial charge in [-0.2, -0.15) is 0 Å². The number of hydrogen-bond acceptors (Lipinski definition) is 2. The molecule has 1 heterocycles.